The van der Waals surface area contributed by atoms with Gasteiger partial charge < -0.3 is 9.47 Å². The summed E-state index contributed by atoms with van der Waals surface area (Å²) in [7, 11) is 0. The van der Waals surface area contributed by atoms with Crippen LogP contribution >= 0.6 is 0 Å². The maximum absolute atomic E-state index is 12.1. The average Bonchev–Trinajstić information content (AvgIpc) is 3.12. The van der Waals surface area contributed by atoms with Gasteiger partial charge in [-0.05, 0) is 25.0 Å². The Kier molecular flexibility index (Phi) is 3.31. The van der Waals surface area contributed by atoms with Crippen molar-refractivity contribution in [1.29, 1.82) is 0 Å². The molecule has 1 aliphatic rings. The molecule has 0 aromatic carbocycles. The number of likely N-dealkylation sites (tertiary alicyclic amines) is 1. The summed E-state index contributed by atoms with van der Waals surface area (Å²) in [6, 6.07) is 4.24. The van der Waals surface area contributed by atoms with E-state index in [2.05, 4.69) is 10.3 Å². The van der Waals surface area contributed by atoms with Crippen molar-refractivity contribution >= 4 is 5.91 Å². The maximum Gasteiger partial charge on any atom is 0.242 e. The van der Waals surface area contributed by atoms with E-state index in [9.17, 15) is 4.79 Å². The molecule has 2 aromatic rings. The Morgan fingerprint density at radius 2 is 1.89 bits per heavy atom. The van der Waals surface area contributed by atoms with Crippen LogP contribution in [0.25, 0.3) is 0 Å². The van der Waals surface area contributed by atoms with Crippen LogP contribution in [-0.4, -0.2) is 43.5 Å². The third kappa shape index (κ3) is 2.67. The highest BCUT2D eigenvalue weighted by Crippen LogP contribution is 2.21. The number of hydrogen-bond acceptors (Lipinski definition) is 3. The second-order valence-electron chi connectivity index (χ2n) is 4.85. The van der Waals surface area contributed by atoms with E-state index in [0.717, 1.165) is 25.9 Å². The molecule has 1 aliphatic heterocycles. The topological polar surface area (TPSA) is 56.0 Å². The number of hydrogen-bond donors (Lipinski definition) is 0. The molecular weight excluding hydrogens is 242 g/mol. The number of piperidine rings is 1. The molecule has 2 aromatic heterocycles. The quantitative estimate of drug-likeness (QED) is 0.824. The van der Waals surface area contributed by atoms with Crippen LogP contribution in [0.15, 0.2) is 36.9 Å². The summed E-state index contributed by atoms with van der Waals surface area (Å²) in [6.45, 7) is 2.02. The van der Waals surface area contributed by atoms with E-state index < -0.39 is 0 Å². The van der Waals surface area contributed by atoms with Gasteiger partial charge in [0.25, 0.3) is 0 Å². The van der Waals surface area contributed by atoms with Gasteiger partial charge in [-0.15, -0.1) is 5.10 Å². The molecule has 0 bridgehead atoms. The van der Waals surface area contributed by atoms with Crippen molar-refractivity contribution in [2.24, 2.45) is 0 Å². The first-order chi connectivity index (χ1) is 9.33. The van der Waals surface area contributed by atoms with Crippen LogP contribution in [0.1, 0.15) is 18.9 Å². The number of carbonyl (C=O) groups is 1. The summed E-state index contributed by atoms with van der Waals surface area (Å²) >= 11 is 0. The zero-order chi connectivity index (χ0) is 13.1. The lowest BCUT2D eigenvalue weighted by atomic mass is 10.1. The second-order valence-corrected chi connectivity index (χ2v) is 4.85. The van der Waals surface area contributed by atoms with E-state index in [0.29, 0.717) is 12.6 Å². The molecule has 0 N–H and O–H groups in total. The van der Waals surface area contributed by atoms with E-state index in [1.165, 1.54) is 0 Å². The fraction of sp³-hybridized carbons (Fsp3) is 0.462. The molecule has 19 heavy (non-hydrogen) atoms. The highest BCUT2D eigenvalue weighted by Gasteiger charge is 2.23. The van der Waals surface area contributed by atoms with E-state index in [4.69, 9.17) is 0 Å². The highest BCUT2D eigenvalue weighted by molar-refractivity contribution is 5.76. The molecule has 0 spiro atoms. The maximum atomic E-state index is 12.1. The fourth-order valence-electron chi connectivity index (χ4n) is 2.52. The minimum atomic E-state index is 0.188. The molecule has 1 amide bonds. The molecule has 0 atom stereocenters. The Balaban J connectivity index is 1.54. The summed E-state index contributed by atoms with van der Waals surface area (Å²) in [5.41, 5.74) is 0. The van der Waals surface area contributed by atoms with Gasteiger partial charge in [-0.25, -0.2) is 4.68 Å². The molecule has 0 unspecified atom stereocenters. The summed E-state index contributed by atoms with van der Waals surface area (Å²) in [5.74, 6) is 0.188. The van der Waals surface area contributed by atoms with Crippen LogP contribution in [0, 0.1) is 0 Å². The van der Waals surface area contributed by atoms with Gasteiger partial charge in [-0.1, -0.05) is 5.21 Å². The first-order valence-corrected chi connectivity index (χ1v) is 6.57. The van der Waals surface area contributed by atoms with Crippen molar-refractivity contribution in [1.82, 2.24) is 24.5 Å². The van der Waals surface area contributed by atoms with E-state index in [1.807, 2.05) is 44.9 Å². The number of nitrogens with zero attached hydrogens (tertiary/aromatic N) is 5. The largest absolute Gasteiger partial charge is 0.345 e. The fourth-order valence-corrected chi connectivity index (χ4v) is 2.52. The lowest BCUT2D eigenvalue weighted by Gasteiger charge is -2.32. The van der Waals surface area contributed by atoms with Crippen LogP contribution in [0.4, 0.5) is 0 Å². The Morgan fingerprint density at radius 3 is 2.53 bits per heavy atom. The molecule has 1 fully saturated rings. The molecule has 3 heterocycles. The normalized spacial score (nSPS) is 16.7. The van der Waals surface area contributed by atoms with Crippen LogP contribution in [0.2, 0.25) is 0 Å². The van der Waals surface area contributed by atoms with E-state index in [-0.39, 0.29) is 5.91 Å². The van der Waals surface area contributed by atoms with Crippen LogP contribution in [0.3, 0.4) is 0 Å². The average molecular weight is 259 g/mol. The lowest BCUT2D eigenvalue weighted by molar-refractivity contribution is -0.133. The molecule has 6 heteroatoms. The first kappa shape index (κ1) is 12.0. The Morgan fingerprint density at radius 1 is 1.16 bits per heavy atom. The molecule has 6 nitrogen and oxygen atoms in total. The minimum Gasteiger partial charge on any atom is -0.345 e. The van der Waals surface area contributed by atoms with Crippen LogP contribution in [-0.2, 0) is 11.3 Å². The van der Waals surface area contributed by atoms with Gasteiger partial charge in [0.15, 0.2) is 0 Å². The Hall–Kier alpha value is -2.11. The predicted octanol–water partition coefficient (Wildman–Crippen LogP) is 0.943. The molecule has 100 valence electrons. The van der Waals surface area contributed by atoms with Crippen molar-refractivity contribution in [3.8, 4) is 0 Å². The first-order valence-electron chi connectivity index (χ1n) is 6.57. The van der Waals surface area contributed by atoms with Gasteiger partial charge >= 0.3 is 0 Å². The van der Waals surface area contributed by atoms with Crippen molar-refractivity contribution in [2.75, 3.05) is 13.1 Å². The molecule has 0 saturated carbocycles. The predicted molar refractivity (Wildman–Crippen MR) is 69.3 cm³/mol. The summed E-state index contributed by atoms with van der Waals surface area (Å²) in [4.78, 5) is 14.1. The van der Waals surface area contributed by atoms with Gasteiger partial charge in [0, 0.05) is 31.7 Å². The van der Waals surface area contributed by atoms with Gasteiger partial charge in [0.2, 0.25) is 5.91 Å². The van der Waals surface area contributed by atoms with Crippen molar-refractivity contribution in [3.63, 3.8) is 0 Å². The van der Waals surface area contributed by atoms with Crippen LogP contribution < -0.4 is 0 Å². The lowest BCUT2D eigenvalue weighted by Crippen LogP contribution is -2.40. The van der Waals surface area contributed by atoms with Gasteiger partial charge in [-0.2, -0.15) is 0 Å². The van der Waals surface area contributed by atoms with E-state index >= 15 is 0 Å². The second kappa shape index (κ2) is 5.26. The third-order valence-electron chi connectivity index (χ3n) is 3.62. The summed E-state index contributed by atoms with van der Waals surface area (Å²) in [6.07, 6.45) is 9.31. The van der Waals surface area contributed by atoms with Crippen molar-refractivity contribution in [2.45, 2.75) is 25.4 Å². The number of aromatic nitrogens is 4. The zero-order valence-electron chi connectivity index (χ0n) is 10.7. The number of carbonyl (C=O) groups excluding carboxylic acids is 1. The SMILES string of the molecule is O=C(Cn1cccc1)N1CCC(n2ccnn2)CC1. The van der Waals surface area contributed by atoms with E-state index in [1.54, 1.807) is 6.20 Å². The third-order valence-corrected chi connectivity index (χ3v) is 3.62. The Labute approximate surface area is 111 Å². The van der Waals surface area contributed by atoms with Crippen molar-refractivity contribution in [3.05, 3.63) is 36.9 Å². The molecule has 0 aliphatic carbocycles. The smallest absolute Gasteiger partial charge is 0.242 e. The monoisotopic (exact) mass is 259 g/mol. The number of amides is 1. The molecule has 0 radical (unpaired) electrons. The molecule has 3 rings (SSSR count). The molecular formula is C13H17N5O. The highest BCUT2D eigenvalue weighted by atomic mass is 16.2. The summed E-state index contributed by atoms with van der Waals surface area (Å²) < 4.78 is 3.81. The molecule has 1 saturated heterocycles. The van der Waals surface area contributed by atoms with Gasteiger partial charge in [0.05, 0.1) is 12.2 Å². The minimum absolute atomic E-state index is 0.188. The number of rotatable bonds is 3. The summed E-state index contributed by atoms with van der Waals surface area (Å²) in [5, 5.41) is 7.86. The zero-order valence-corrected chi connectivity index (χ0v) is 10.7. The van der Waals surface area contributed by atoms with Crippen molar-refractivity contribution < 1.29 is 4.79 Å². The van der Waals surface area contributed by atoms with Crippen LogP contribution in [0.5, 0.6) is 0 Å². The Bertz CT molecular complexity index is 511. The van der Waals surface area contributed by atoms with Gasteiger partial charge in [-0.3, -0.25) is 4.79 Å². The van der Waals surface area contributed by atoms with Gasteiger partial charge in [0.1, 0.15) is 6.54 Å². The standard InChI is InChI=1S/C13H17N5O/c19-13(11-16-6-1-2-7-16)17-8-3-12(4-9-17)18-10-5-14-15-18/h1-2,5-7,10,12H,3-4,8-9,11H2.